The van der Waals surface area contributed by atoms with Crippen LogP contribution >= 0.6 is 0 Å². The lowest BCUT2D eigenvalue weighted by molar-refractivity contribution is 0.270. The van der Waals surface area contributed by atoms with Gasteiger partial charge in [0, 0.05) is 0 Å². The molecule has 11 heavy (non-hydrogen) atoms. The molecule has 4 heteroatoms. The first kappa shape index (κ1) is 8.23. The standard InChI is InChI=1S/C7H13N3O/c1-5(2)6(11)7-9-3-8-4-10-7/h6,8,11H,1,3-4H2,2H3,(H,9,10). The fourth-order valence-electron chi connectivity index (χ4n) is 0.822. The summed E-state index contributed by atoms with van der Waals surface area (Å²) >= 11 is 0. The van der Waals surface area contributed by atoms with E-state index in [1.54, 1.807) is 6.92 Å². The SMILES string of the molecule is C=C(C)C(O)C1=NCNCN1. The minimum atomic E-state index is -0.642. The maximum Gasteiger partial charge on any atom is 0.132 e. The van der Waals surface area contributed by atoms with Crippen molar-refractivity contribution in [1.29, 1.82) is 0 Å². The first-order valence-electron chi connectivity index (χ1n) is 3.54. The van der Waals surface area contributed by atoms with Gasteiger partial charge in [-0.15, -0.1) is 0 Å². The lowest BCUT2D eigenvalue weighted by atomic mass is 10.2. The van der Waals surface area contributed by atoms with Gasteiger partial charge in [0.05, 0.1) is 13.3 Å². The van der Waals surface area contributed by atoms with Gasteiger partial charge in [0.25, 0.3) is 0 Å². The molecule has 0 aromatic rings. The van der Waals surface area contributed by atoms with Crippen molar-refractivity contribution in [3.63, 3.8) is 0 Å². The number of aliphatic hydroxyl groups is 1. The lowest BCUT2D eigenvalue weighted by Crippen LogP contribution is -2.45. The van der Waals surface area contributed by atoms with Gasteiger partial charge in [-0.3, -0.25) is 10.3 Å². The highest BCUT2D eigenvalue weighted by atomic mass is 16.3. The van der Waals surface area contributed by atoms with E-state index in [9.17, 15) is 5.11 Å². The summed E-state index contributed by atoms with van der Waals surface area (Å²) in [6, 6.07) is 0. The molecule has 0 saturated heterocycles. The number of nitrogens with one attached hydrogen (secondary N) is 2. The van der Waals surface area contributed by atoms with Gasteiger partial charge in [-0.05, 0) is 12.5 Å². The summed E-state index contributed by atoms with van der Waals surface area (Å²) in [5.74, 6) is 0.608. The van der Waals surface area contributed by atoms with Gasteiger partial charge >= 0.3 is 0 Å². The van der Waals surface area contributed by atoms with E-state index in [2.05, 4.69) is 22.2 Å². The Morgan fingerprint density at radius 2 is 2.55 bits per heavy atom. The van der Waals surface area contributed by atoms with Crippen LogP contribution in [0, 0.1) is 0 Å². The van der Waals surface area contributed by atoms with E-state index in [1.165, 1.54) is 0 Å². The first-order chi connectivity index (χ1) is 5.22. The summed E-state index contributed by atoms with van der Waals surface area (Å²) in [6.07, 6.45) is -0.642. The summed E-state index contributed by atoms with van der Waals surface area (Å²) in [4.78, 5) is 4.03. The molecule has 0 aromatic carbocycles. The van der Waals surface area contributed by atoms with E-state index in [1.807, 2.05) is 0 Å². The molecule has 3 N–H and O–H groups in total. The fourth-order valence-corrected chi connectivity index (χ4v) is 0.822. The zero-order chi connectivity index (χ0) is 8.27. The quantitative estimate of drug-likeness (QED) is 0.468. The van der Waals surface area contributed by atoms with Crippen LogP contribution in [0.15, 0.2) is 17.1 Å². The van der Waals surface area contributed by atoms with E-state index in [0.29, 0.717) is 24.7 Å². The maximum absolute atomic E-state index is 9.43. The molecule has 1 rings (SSSR count). The number of aliphatic imine (C=N–C) groups is 1. The number of hydrogen-bond donors (Lipinski definition) is 3. The van der Waals surface area contributed by atoms with E-state index >= 15 is 0 Å². The molecule has 0 aromatic heterocycles. The van der Waals surface area contributed by atoms with Crippen LogP contribution < -0.4 is 10.6 Å². The van der Waals surface area contributed by atoms with Crippen LogP contribution in [0.2, 0.25) is 0 Å². The molecule has 1 heterocycles. The molecule has 1 atom stereocenters. The zero-order valence-corrected chi connectivity index (χ0v) is 6.59. The van der Waals surface area contributed by atoms with Gasteiger partial charge in [0.2, 0.25) is 0 Å². The number of amidine groups is 1. The van der Waals surface area contributed by atoms with Crippen LogP contribution in [0.25, 0.3) is 0 Å². The highest BCUT2D eigenvalue weighted by Crippen LogP contribution is 1.99. The van der Waals surface area contributed by atoms with Crippen molar-refractivity contribution in [3.05, 3.63) is 12.2 Å². The molecule has 0 radical (unpaired) electrons. The van der Waals surface area contributed by atoms with Gasteiger partial charge in [-0.1, -0.05) is 6.58 Å². The Morgan fingerprint density at radius 1 is 1.82 bits per heavy atom. The average molecular weight is 155 g/mol. The normalized spacial score (nSPS) is 20.0. The number of aliphatic hydroxyl groups excluding tert-OH is 1. The highest BCUT2D eigenvalue weighted by molar-refractivity contribution is 5.89. The van der Waals surface area contributed by atoms with Gasteiger partial charge in [-0.2, -0.15) is 0 Å². The molecule has 0 saturated carbocycles. The summed E-state index contributed by atoms with van der Waals surface area (Å²) < 4.78 is 0. The third-order valence-electron chi connectivity index (χ3n) is 1.48. The fraction of sp³-hybridized carbons (Fsp3) is 0.571. The topological polar surface area (TPSA) is 56.7 Å². The van der Waals surface area contributed by atoms with E-state index < -0.39 is 6.10 Å². The van der Waals surface area contributed by atoms with Gasteiger partial charge in [-0.25, -0.2) is 0 Å². The number of hydrogen-bond acceptors (Lipinski definition) is 4. The van der Waals surface area contributed by atoms with Gasteiger partial charge in [0.15, 0.2) is 0 Å². The summed E-state index contributed by atoms with van der Waals surface area (Å²) in [6.45, 7) is 6.63. The van der Waals surface area contributed by atoms with Crippen LogP contribution in [-0.2, 0) is 0 Å². The first-order valence-corrected chi connectivity index (χ1v) is 3.54. The third-order valence-corrected chi connectivity index (χ3v) is 1.48. The second-order valence-corrected chi connectivity index (χ2v) is 2.55. The van der Waals surface area contributed by atoms with Crippen molar-refractivity contribution in [2.75, 3.05) is 13.3 Å². The van der Waals surface area contributed by atoms with Crippen LogP contribution in [0.1, 0.15) is 6.92 Å². The van der Waals surface area contributed by atoms with Gasteiger partial charge in [0.1, 0.15) is 11.9 Å². The molecule has 0 aliphatic carbocycles. The Kier molecular flexibility index (Phi) is 2.62. The molecule has 1 aliphatic heterocycles. The Balaban J connectivity index is 2.58. The van der Waals surface area contributed by atoms with Crippen molar-refractivity contribution in [2.24, 2.45) is 4.99 Å². The smallest absolute Gasteiger partial charge is 0.132 e. The van der Waals surface area contributed by atoms with Crippen molar-refractivity contribution in [3.8, 4) is 0 Å². The minimum Gasteiger partial charge on any atom is -0.381 e. The van der Waals surface area contributed by atoms with Crippen molar-refractivity contribution in [1.82, 2.24) is 10.6 Å². The van der Waals surface area contributed by atoms with E-state index in [-0.39, 0.29) is 0 Å². The molecule has 1 unspecified atom stereocenters. The monoisotopic (exact) mass is 155 g/mol. The molecule has 4 nitrogen and oxygen atoms in total. The van der Waals surface area contributed by atoms with Crippen molar-refractivity contribution >= 4 is 5.84 Å². The molecular weight excluding hydrogens is 142 g/mol. The summed E-state index contributed by atoms with van der Waals surface area (Å²) in [5.41, 5.74) is 0.707. The molecular formula is C7H13N3O. The van der Waals surface area contributed by atoms with Crippen LogP contribution in [0.5, 0.6) is 0 Å². The molecule has 62 valence electrons. The molecule has 0 bridgehead atoms. The van der Waals surface area contributed by atoms with E-state index in [4.69, 9.17) is 0 Å². The van der Waals surface area contributed by atoms with E-state index in [0.717, 1.165) is 0 Å². The molecule has 0 spiro atoms. The number of rotatable bonds is 2. The Labute approximate surface area is 66.0 Å². The number of nitrogens with zero attached hydrogens (tertiary/aromatic N) is 1. The minimum absolute atomic E-state index is 0.562. The Morgan fingerprint density at radius 3 is 3.00 bits per heavy atom. The maximum atomic E-state index is 9.43. The second kappa shape index (κ2) is 3.50. The van der Waals surface area contributed by atoms with Crippen LogP contribution in [0.3, 0.4) is 0 Å². The van der Waals surface area contributed by atoms with Crippen LogP contribution in [-0.4, -0.2) is 30.4 Å². The second-order valence-electron chi connectivity index (χ2n) is 2.55. The predicted molar refractivity (Wildman–Crippen MR) is 44.3 cm³/mol. The Bertz CT molecular complexity index is 188. The lowest BCUT2D eigenvalue weighted by Gasteiger charge is -2.19. The Hall–Kier alpha value is -0.870. The average Bonchev–Trinajstić information content (AvgIpc) is 2.05. The summed E-state index contributed by atoms with van der Waals surface area (Å²) in [7, 11) is 0. The molecule has 0 amide bonds. The zero-order valence-electron chi connectivity index (χ0n) is 6.59. The van der Waals surface area contributed by atoms with Gasteiger partial charge < -0.3 is 10.4 Å². The highest BCUT2D eigenvalue weighted by Gasteiger charge is 2.13. The third kappa shape index (κ3) is 2.03. The molecule has 1 aliphatic rings. The van der Waals surface area contributed by atoms with Crippen molar-refractivity contribution in [2.45, 2.75) is 13.0 Å². The molecule has 0 fully saturated rings. The largest absolute Gasteiger partial charge is 0.381 e. The predicted octanol–water partition coefficient (Wildman–Crippen LogP) is -0.570. The van der Waals surface area contributed by atoms with Crippen molar-refractivity contribution < 1.29 is 5.11 Å². The van der Waals surface area contributed by atoms with Crippen LogP contribution in [0.4, 0.5) is 0 Å². The summed E-state index contributed by atoms with van der Waals surface area (Å²) in [5, 5.41) is 15.3.